The summed E-state index contributed by atoms with van der Waals surface area (Å²) in [6.07, 6.45) is -0.0754. The van der Waals surface area contributed by atoms with Gasteiger partial charge in [0.2, 0.25) is 0 Å². The lowest BCUT2D eigenvalue weighted by Gasteiger charge is -2.23. The van der Waals surface area contributed by atoms with Crippen LogP contribution in [-0.2, 0) is 30.4 Å². The van der Waals surface area contributed by atoms with Crippen molar-refractivity contribution in [1.82, 2.24) is 10.4 Å². The second-order valence-electron chi connectivity index (χ2n) is 7.22. The average molecular weight is 376 g/mol. The van der Waals surface area contributed by atoms with Crippen LogP contribution in [-0.4, -0.2) is 40.6 Å². The van der Waals surface area contributed by atoms with Gasteiger partial charge in [0.1, 0.15) is 11.6 Å². The number of ether oxygens (including phenoxy) is 1. The highest BCUT2D eigenvalue weighted by atomic mass is 16.7. The van der Waals surface area contributed by atoms with Gasteiger partial charge >= 0.3 is 12.1 Å². The minimum absolute atomic E-state index is 0.000287. The Morgan fingerprint density at radius 2 is 1.70 bits per heavy atom. The Kier molecular flexibility index (Phi) is 6.55. The molecule has 3 amide bonds. The monoisotopic (exact) mass is 376 g/mol. The van der Waals surface area contributed by atoms with Gasteiger partial charge in [-0.3, -0.25) is 9.59 Å². The molecule has 1 saturated heterocycles. The maximum atomic E-state index is 12.5. The molecule has 1 fully saturated rings. The van der Waals surface area contributed by atoms with E-state index in [1.165, 1.54) is 0 Å². The molecule has 8 nitrogen and oxygen atoms in total. The van der Waals surface area contributed by atoms with Gasteiger partial charge in [-0.2, -0.15) is 0 Å². The van der Waals surface area contributed by atoms with Crippen LogP contribution in [0.15, 0.2) is 30.3 Å². The molecule has 0 bridgehead atoms. The standard InChI is InChI=1S/C19H24N2O6/c1-19(2,3)26-18(25)20-14(10-9-13-7-5-4-6-8-13)17(24)27-21-15(22)11-12-16(21)23/h4-8,14H,9-12H2,1-3H3,(H,20,25)/t14-/m1/s1. The van der Waals surface area contributed by atoms with E-state index < -0.39 is 35.5 Å². The second-order valence-corrected chi connectivity index (χ2v) is 7.22. The van der Waals surface area contributed by atoms with Crippen molar-refractivity contribution in [2.75, 3.05) is 0 Å². The van der Waals surface area contributed by atoms with E-state index in [-0.39, 0.29) is 19.3 Å². The SMILES string of the molecule is CC(C)(C)OC(=O)N[C@H](CCc1ccccc1)C(=O)ON1C(=O)CCC1=O. The lowest BCUT2D eigenvalue weighted by Crippen LogP contribution is -2.47. The Labute approximate surface area is 157 Å². The summed E-state index contributed by atoms with van der Waals surface area (Å²) in [4.78, 5) is 52.8. The first-order valence-electron chi connectivity index (χ1n) is 8.77. The Morgan fingerprint density at radius 1 is 1.11 bits per heavy atom. The Hall–Kier alpha value is -2.90. The fourth-order valence-electron chi connectivity index (χ4n) is 2.47. The number of hydrogen-bond donors (Lipinski definition) is 1. The maximum absolute atomic E-state index is 12.5. The first kappa shape index (κ1) is 20.4. The Bertz CT molecular complexity index is 695. The van der Waals surface area contributed by atoms with E-state index in [1.807, 2.05) is 30.3 Å². The van der Waals surface area contributed by atoms with Crippen LogP contribution in [0.5, 0.6) is 0 Å². The second kappa shape index (κ2) is 8.66. The van der Waals surface area contributed by atoms with Crippen molar-refractivity contribution in [3.05, 3.63) is 35.9 Å². The van der Waals surface area contributed by atoms with Crippen molar-refractivity contribution in [2.45, 2.75) is 58.1 Å². The van der Waals surface area contributed by atoms with Crippen LogP contribution in [0.2, 0.25) is 0 Å². The zero-order chi connectivity index (χ0) is 20.0. The van der Waals surface area contributed by atoms with Crippen molar-refractivity contribution in [3.8, 4) is 0 Å². The van der Waals surface area contributed by atoms with Gasteiger partial charge in [0.15, 0.2) is 0 Å². The summed E-state index contributed by atoms with van der Waals surface area (Å²) < 4.78 is 5.18. The van der Waals surface area contributed by atoms with Crippen LogP contribution >= 0.6 is 0 Å². The quantitative estimate of drug-likeness (QED) is 0.763. The van der Waals surface area contributed by atoms with E-state index in [1.54, 1.807) is 20.8 Å². The summed E-state index contributed by atoms with van der Waals surface area (Å²) >= 11 is 0. The van der Waals surface area contributed by atoms with Gasteiger partial charge in [0.05, 0.1) is 0 Å². The van der Waals surface area contributed by atoms with E-state index in [0.717, 1.165) is 5.56 Å². The third kappa shape index (κ3) is 6.40. The first-order chi connectivity index (χ1) is 12.7. The van der Waals surface area contributed by atoms with Gasteiger partial charge in [-0.25, -0.2) is 9.59 Å². The largest absolute Gasteiger partial charge is 0.444 e. The number of amides is 3. The van der Waals surface area contributed by atoms with Crippen molar-refractivity contribution < 1.29 is 28.8 Å². The van der Waals surface area contributed by atoms with Crippen LogP contribution in [0.25, 0.3) is 0 Å². The zero-order valence-corrected chi connectivity index (χ0v) is 15.7. The maximum Gasteiger partial charge on any atom is 0.408 e. The summed E-state index contributed by atoms with van der Waals surface area (Å²) in [6.45, 7) is 5.10. The molecule has 1 aliphatic heterocycles. The molecule has 0 aromatic heterocycles. The lowest BCUT2D eigenvalue weighted by molar-refractivity contribution is -0.199. The van der Waals surface area contributed by atoms with Crippen molar-refractivity contribution >= 4 is 23.9 Å². The molecular formula is C19H24N2O6. The Balaban J connectivity index is 2.05. The normalized spacial score (nSPS) is 15.4. The average Bonchev–Trinajstić information content (AvgIpc) is 2.89. The van der Waals surface area contributed by atoms with Gasteiger partial charge in [0, 0.05) is 12.8 Å². The molecule has 1 N–H and O–H groups in total. The number of rotatable bonds is 6. The molecular weight excluding hydrogens is 352 g/mol. The number of carbonyl (C=O) groups is 4. The predicted octanol–water partition coefficient (Wildman–Crippen LogP) is 2.12. The van der Waals surface area contributed by atoms with Crippen molar-refractivity contribution in [2.24, 2.45) is 0 Å². The summed E-state index contributed by atoms with van der Waals surface area (Å²) in [5, 5.41) is 2.93. The number of hydrogen-bond acceptors (Lipinski definition) is 6. The van der Waals surface area contributed by atoms with Gasteiger partial charge in [0.25, 0.3) is 11.8 Å². The predicted molar refractivity (Wildman–Crippen MR) is 95.1 cm³/mol. The fourth-order valence-corrected chi connectivity index (χ4v) is 2.47. The molecule has 1 aliphatic rings. The van der Waals surface area contributed by atoms with E-state index in [0.29, 0.717) is 11.5 Å². The number of imide groups is 1. The third-order valence-corrected chi connectivity index (χ3v) is 3.73. The van der Waals surface area contributed by atoms with E-state index >= 15 is 0 Å². The fraction of sp³-hybridized carbons (Fsp3) is 0.474. The highest BCUT2D eigenvalue weighted by Crippen LogP contribution is 2.15. The number of nitrogens with zero attached hydrogens (tertiary/aromatic N) is 1. The van der Waals surface area contributed by atoms with Gasteiger partial charge in [-0.1, -0.05) is 30.3 Å². The molecule has 1 heterocycles. The molecule has 1 aromatic carbocycles. The smallest absolute Gasteiger partial charge is 0.408 e. The van der Waals surface area contributed by atoms with E-state index in [2.05, 4.69) is 5.32 Å². The van der Waals surface area contributed by atoms with Gasteiger partial charge in [-0.15, -0.1) is 5.06 Å². The highest BCUT2D eigenvalue weighted by molar-refractivity contribution is 6.01. The summed E-state index contributed by atoms with van der Waals surface area (Å²) in [5.41, 5.74) is 0.230. The summed E-state index contributed by atoms with van der Waals surface area (Å²) in [7, 11) is 0. The van der Waals surface area contributed by atoms with E-state index in [9.17, 15) is 19.2 Å². The number of hydroxylamine groups is 2. The number of nitrogens with one attached hydrogen (secondary N) is 1. The summed E-state index contributed by atoms with van der Waals surface area (Å²) in [6, 6.07) is 8.32. The molecule has 146 valence electrons. The number of aryl methyl sites for hydroxylation is 1. The van der Waals surface area contributed by atoms with Crippen LogP contribution in [0.4, 0.5) is 4.79 Å². The molecule has 1 aromatic rings. The molecule has 8 heteroatoms. The molecule has 2 rings (SSSR count). The highest BCUT2D eigenvalue weighted by Gasteiger charge is 2.35. The van der Waals surface area contributed by atoms with Crippen LogP contribution in [0.3, 0.4) is 0 Å². The molecule has 27 heavy (non-hydrogen) atoms. The van der Waals surface area contributed by atoms with Gasteiger partial charge in [-0.05, 0) is 39.2 Å². The number of benzene rings is 1. The number of carbonyl (C=O) groups excluding carboxylic acids is 4. The molecule has 1 atom stereocenters. The van der Waals surface area contributed by atoms with Crippen LogP contribution < -0.4 is 5.32 Å². The Morgan fingerprint density at radius 3 is 2.26 bits per heavy atom. The van der Waals surface area contributed by atoms with Crippen LogP contribution in [0.1, 0.15) is 45.6 Å². The molecule has 0 saturated carbocycles. The van der Waals surface area contributed by atoms with Crippen molar-refractivity contribution in [3.63, 3.8) is 0 Å². The molecule has 0 spiro atoms. The molecule has 0 unspecified atom stereocenters. The zero-order valence-electron chi connectivity index (χ0n) is 15.7. The minimum atomic E-state index is -1.07. The van der Waals surface area contributed by atoms with Crippen molar-refractivity contribution in [1.29, 1.82) is 0 Å². The first-order valence-corrected chi connectivity index (χ1v) is 8.77. The molecule has 0 aliphatic carbocycles. The lowest BCUT2D eigenvalue weighted by atomic mass is 10.1. The summed E-state index contributed by atoms with van der Waals surface area (Å²) in [5.74, 6) is -2.04. The third-order valence-electron chi connectivity index (χ3n) is 3.73. The van der Waals surface area contributed by atoms with Crippen LogP contribution in [0, 0.1) is 0 Å². The topological polar surface area (TPSA) is 102 Å². The number of alkyl carbamates (subject to hydrolysis) is 1. The molecule has 0 radical (unpaired) electrons. The van der Waals surface area contributed by atoms with Gasteiger partial charge < -0.3 is 14.9 Å². The van der Waals surface area contributed by atoms with E-state index in [4.69, 9.17) is 9.57 Å². The minimum Gasteiger partial charge on any atom is -0.444 e.